The molecule has 3 nitrogen and oxygen atoms in total. The first-order chi connectivity index (χ1) is 7.29. The van der Waals surface area contributed by atoms with E-state index in [0.717, 1.165) is 12.1 Å². The van der Waals surface area contributed by atoms with Gasteiger partial charge in [0.05, 0.1) is 0 Å². The van der Waals surface area contributed by atoms with Crippen molar-refractivity contribution in [1.82, 2.24) is 5.32 Å². The second kappa shape index (κ2) is 4.34. The van der Waals surface area contributed by atoms with Gasteiger partial charge in [0.1, 0.15) is 0 Å². The van der Waals surface area contributed by atoms with Crippen LogP contribution in [0.5, 0.6) is 0 Å². The number of hydrogen-bond donors (Lipinski definition) is 2. The smallest absolute Gasteiger partial charge is 0.318 e. The lowest BCUT2D eigenvalue weighted by molar-refractivity contribution is 0.254. The normalized spacial score (nSPS) is 14.2. The van der Waals surface area contributed by atoms with Crippen LogP contribution in [-0.4, -0.2) is 13.1 Å². The van der Waals surface area contributed by atoms with E-state index < -0.39 is 0 Å². The van der Waals surface area contributed by atoms with Crippen LogP contribution < -0.4 is 10.6 Å². The molecule has 0 heterocycles. The molecule has 0 bridgehead atoms. The molecule has 1 aromatic rings. The third-order valence-electron chi connectivity index (χ3n) is 2.83. The van der Waals surface area contributed by atoms with Gasteiger partial charge in [-0.15, -0.1) is 0 Å². The molecule has 0 aromatic heterocycles. The topological polar surface area (TPSA) is 41.1 Å². The molecule has 2 rings (SSSR count). The van der Waals surface area contributed by atoms with Gasteiger partial charge in [-0.05, 0) is 48.9 Å². The molecule has 1 aliphatic rings. The summed E-state index contributed by atoms with van der Waals surface area (Å²) in [4.78, 5) is 11.1. The molecule has 0 saturated heterocycles. The zero-order valence-corrected chi connectivity index (χ0v) is 8.97. The molecular weight excluding hydrogens is 188 g/mol. The Balaban J connectivity index is 2.17. The van der Waals surface area contributed by atoms with Gasteiger partial charge in [0.25, 0.3) is 0 Å². The van der Waals surface area contributed by atoms with Crippen LogP contribution in [0, 0.1) is 0 Å². The lowest BCUT2D eigenvalue weighted by Crippen LogP contribution is -2.24. The lowest BCUT2D eigenvalue weighted by atomic mass is 9.91. The molecule has 0 saturated carbocycles. The van der Waals surface area contributed by atoms with Gasteiger partial charge in [0.15, 0.2) is 0 Å². The molecule has 1 aliphatic carbocycles. The van der Waals surface area contributed by atoms with E-state index in [1.54, 1.807) is 7.05 Å². The summed E-state index contributed by atoms with van der Waals surface area (Å²) in [7, 11) is 1.62. The first kappa shape index (κ1) is 10.0. The van der Waals surface area contributed by atoms with Gasteiger partial charge in [-0.3, -0.25) is 0 Å². The van der Waals surface area contributed by atoms with Crippen LogP contribution in [0.4, 0.5) is 10.5 Å². The minimum Gasteiger partial charge on any atom is -0.341 e. The van der Waals surface area contributed by atoms with Gasteiger partial charge in [0.2, 0.25) is 0 Å². The SMILES string of the molecule is CNC(=O)Nc1ccc2c(c1)CCCC2. The van der Waals surface area contributed by atoms with Crippen LogP contribution in [0.3, 0.4) is 0 Å². The molecule has 15 heavy (non-hydrogen) atoms. The summed E-state index contributed by atoms with van der Waals surface area (Å²) in [5.41, 5.74) is 3.70. The van der Waals surface area contributed by atoms with Crippen LogP contribution in [-0.2, 0) is 12.8 Å². The van der Waals surface area contributed by atoms with Crippen molar-refractivity contribution in [1.29, 1.82) is 0 Å². The highest BCUT2D eigenvalue weighted by Gasteiger charge is 2.09. The standard InChI is InChI=1S/C12H16N2O/c1-13-12(15)14-11-7-6-9-4-2-3-5-10(9)8-11/h6-8H,2-5H2,1H3,(H2,13,14,15). The monoisotopic (exact) mass is 204 g/mol. The van der Waals surface area contributed by atoms with Crippen molar-refractivity contribution in [2.75, 3.05) is 12.4 Å². The van der Waals surface area contributed by atoms with Crippen molar-refractivity contribution in [3.63, 3.8) is 0 Å². The number of urea groups is 1. The zero-order chi connectivity index (χ0) is 10.7. The highest BCUT2D eigenvalue weighted by Crippen LogP contribution is 2.24. The van der Waals surface area contributed by atoms with E-state index in [4.69, 9.17) is 0 Å². The van der Waals surface area contributed by atoms with E-state index >= 15 is 0 Å². The molecule has 0 spiro atoms. The van der Waals surface area contributed by atoms with Gasteiger partial charge >= 0.3 is 6.03 Å². The highest BCUT2D eigenvalue weighted by atomic mass is 16.2. The summed E-state index contributed by atoms with van der Waals surface area (Å²) in [6.45, 7) is 0. The zero-order valence-electron chi connectivity index (χ0n) is 8.97. The molecule has 0 radical (unpaired) electrons. The number of benzene rings is 1. The predicted molar refractivity (Wildman–Crippen MR) is 61.2 cm³/mol. The molecule has 2 N–H and O–H groups in total. The van der Waals surface area contributed by atoms with Gasteiger partial charge in [-0.25, -0.2) is 4.79 Å². The van der Waals surface area contributed by atoms with Gasteiger partial charge in [0, 0.05) is 12.7 Å². The van der Waals surface area contributed by atoms with E-state index in [1.165, 1.54) is 30.4 Å². The highest BCUT2D eigenvalue weighted by molar-refractivity contribution is 5.89. The fourth-order valence-electron chi connectivity index (χ4n) is 2.00. The second-order valence-corrected chi connectivity index (χ2v) is 3.89. The third kappa shape index (κ3) is 2.29. The Hall–Kier alpha value is -1.51. The Morgan fingerprint density at radius 2 is 1.93 bits per heavy atom. The fourth-order valence-corrected chi connectivity index (χ4v) is 2.00. The van der Waals surface area contributed by atoms with Crippen molar-refractivity contribution in [3.05, 3.63) is 29.3 Å². The van der Waals surface area contributed by atoms with E-state index in [-0.39, 0.29) is 6.03 Å². The van der Waals surface area contributed by atoms with E-state index in [0.29, 0.717) is 0 Å². The minimum absolute atomic E-state index is 0.161. The first-order valence-electron chi connectivity index (χ1n) is 5.40. The number of aryl methyl sites for hydroxylation is 2. The maximum atomic E-state index is 11.1. The Labute approximate surface area is 89.9 Å². The Bertz CT molecular complexity index is 374. The Morgan fingerprint density at radius 3 is 2.67 bits per heavy atom. The van der Waals surface area contributed by atoms with Crippen LogP contribution in [0.15, 0.2) is 18.2 Å². The fraction of sp³-hybridized carbons (Fsp3) is 0.417. The summed E-state index contributed by atoms with van der Waals surface area (Å²) in [6, 6.07) is 6.02. The average Bonchev–Trinajstić information content (AvgIpc) is 2.29. The number of hydrogen-bond acceptors (Lipinski definition) is 1. The van der Waals surface area contributed by atoms with Crippen LogP contribution in [0.2, 0.25) is 0 Å². The predicted octanol–water partition coefficient (Wildman–Crippen LogP) is 2.32. The Kier molecular flexibility index (Phi) is 2.90. The Morgan fingerprint density at radius 1 is 1.20 bits per heavy atom. The third-order valence-corrected chi connectivity index (χ3v) is 2.83. The summed E-state index contributed by atoms with van der Waals surface area (Å²) in [6.07, 6.45) is 4.86. The maximum Gasteiger partial charge on any atom is 0.318 e. The van der Waals surface area contributed by atoms with Crippen LogP contribution >= 0.6 is 0 Å². The van der Waals surface area contributed by atoms with Crippen LogP contribution in [0.1, 0.15) is 24.0 Å². The number of amides is 2. The van der Waals surface area contributed by atoms with Crippen LogP contribution in [0.25, 0.3) is 0 Å². The number of rotatable bonds is 1. The molecule has 80 valence electrons. The van der Waals surface area contributed by atoms with E-state index in [9.17, 15) is 4.79 Å². The van der Waals surface area contributed by atoms with Gasteiger partial charge in [-0.2, -0.15) is 0 Å². The number of carbonyl (C=O) groups excluding carboxylic acids is 1. The van der Waals surface area contributed by atoms with Crippen molar-refractivity contribution in [3.8, 4) is 0 Å². The summed E-state index contributed by atoms with van der Waals surface area (Å²) >= 11 is 0. The molecule has 3 heteroatoms. The maximum absolute atomic E-state index is 11.1. The second-order valence-electron chi connectivity index (χ2n) is 3.89. The van der Waals surface area contributed by atoms with Crippen molar-refractivity contribution >= 4 is 11.7 Å². The van der Waals surface area contributed by atoms with Crippen molar-refractivity contribution < 1.29 is 4.79 Å². The number of anilines is 1. The number of fused-ring (bicyclic) bond motifs is 1. The van der Waals surface area contributed by atoms with Gasteiger partial charge in [-0.1, -0.05) is 6.07 Å². The largest absolute Gasteiger partial charge is 0.341 e. The molecule has 0 fully saturated rings. The molecule has 0 aliphatic heterocycles. The molecule has 2 amide bonds. The number of carbonyl (C=O) groups is 1. The van der Waals surface area contributed by atoms with Crippen molar-refractivity contribution in [2.45, 2.75) is 25.7 Å². The quantitative estimate of drug-likeness (QED) is 0.724. The van der Waals surface area contributed by atoms with Gasteiger partial charge < -0.3 is 10.6 Å². The minimum atomic E-state index is -0.161. The molecular formula is C12H16N2O. The summed E-state index contributed by atoms with van der Waals surface area (Å²) in [5, 5.41) is 5.34. The molecule has 1 aromatic carbocycles. The first-order valence-corrected chi connectivity index (χ1v) is 5.40. The molecule has 0 atom stereocenters. The molecule has 0 unspecified atom stereocenters. The van der Waals surface area contributed by atoms with E-state index in [1.807, 2.05) is 6.07 Å². The average molecular weight is 204 g/mol. The number of nitrogens with one attached hydrogen (secondary N) is 2. The lowest BCUT2D eigenvalue weighted by Gasteiger charge is -2.16. The summed E-state index contributed by atoms with van der Waals surface area (Å²) in [5.74, 6) is 0. The summed E-state index contributed by atoms with van der Waals surface area (Å²) < 4.78 is 0. The van der Waals surface area contributed by atoms with Crippen molar-refractivity contribution in [2.24, 2.45) is 0 Å². The van der Waals surface area contributed by atoms with E-state index in [2.05, 4.69) is 22.8 Å².